The number of benzene rings is 3. The van der Waals surface area contributed by atoms with Crippen LogP contribution in [0.4, 0.5) is 38.1 Å². The lowest BCUT2D eigenvalue weighted by atomic mass is 9.97. The minimum absolute atomic E-state index is 0.00350. The summed E-state index contributed by atoms with van der Waals surface area (Å²) >= 11 is 5.69. The zero-order valence-electron chi connectivity index (χ0n) is 20.7. The molecule has 3 aromatic rings. The highest BCUT2D eigenvalue weighted by Gasteiger charge is 2.42. The van der Waals surface area contributed by atoms with Crippen LogP contribution in [0.2, 0.25) is 5.02 Å². The average Bonchev–Trinajstić information content (AvgIpc) is 3.19. The highest BCUT2D eigenvalue weighted by atomic mass is 35.5. The van der Waals surface area contributed by atoms with E-state index in [9.17, 15) is 32.0 Å². The molecule has 1 heterocycles. The van der Waals surface area contributed by atoms with E-state index in [4.69, 9.17) is 11.6 Å². The molecule has 2 amide bonds. The molecule has 0 spiro atoms. The first kappa shape index (κ1) is 28.9. The molecule has 0 bridgehead atoms. The van der Waals surface area contributed by atoms with Gasteiger partial charge in [-0.25, -0.2) is 13.6 Å². The van der Waals surface area contributed by atoms with Gasteiger partial charge in [0, 0.05) is 16.9 Å². The van der Waals surface area contributed by atoms with E-state index in [2.05, 4.69) is 10.6 Å². The fraction of sp³-hybridized carbons (Fsp3) is 0.269. The number of rotatable bonds is 5. The van der Waals surface area contributed by atoms with Crippen LogP contribution < -0.4 is 20.8 Å². The lowest BCUT2D eigenvalue weighted by Crippen LogP contribution is -2.46. The third-order valence-electron chi connectivity index (χ3n) is 6.34. The van der Waals surface area contributed by atoms with Crippen LogP contribution in [0.15, 0.2) is 54.6 Å². The zero-order valence-corrected chi connectivity index (χ0v) is 22.3. The lowest BCUT2D eigenvalue weighted by Gasteiger charge is -2.28. The summed E-state index contributed by atoms with van der Waals surface area (Å²) < 4.78 is 85.0. The Kier molecular flexibility index (Phi) is 7.98. The van der Waals surface area contributed by atoms with Gasteiger partial charge in [-0.05, 0) is 55.1 Å². The third kappa shape index (κ3) is 6.05. The van der Waals surface area contributed by atoms with Crippen molar-refractivity contribution in [1.82, 2.24) is 5.32 Å². The molecule has 4 rings (SSSR count). The molecule has 0 aromatic heterocycles. The van der Waals surface area contributed by atoms with Gasteiger partial charge in [0.1, 0.15) is 24.8 Å². The van der Waals surface area contributed by atoms with Crippen LogP contribution in [-0.4, -0.2) is 43.3 Å². The van der Waals surface area contributed by atoms with Crippen molar-refractivity contribution in [1.29, 1.82) is 0 Å². The molecule has 0 saturated carbocycles. The average molecular weight is 588 g/mol. The van der Waals surface area contributed by atoms with Gasteiger partial charge in [0.05, 0.1) is 17.4 Å². The number of urea groups is 1. The Labute approximate surface area is 226 Å². The number of aliphatic hydroxyl groups is 1. The Hall–Kier alpha value is -3.14. The Balaban J connectivity index is 1.63. The van der Waals surface area contributed by atoms with Crippen LogP contribution in [-0.2, 0) is 10.7 Å². The molecule has 1 aliphatic rings. The molecule has 1 fully saturated rings. The second kappa shape index (κ2) is 10.8. The predicted octanol–water partition coefficient (Wildman–Crippen LogP) is 6.27. The van der Waals surface area contributed by atoms with Gasteiger partial charge in [0.15, 0.2) is 5.82 Å². The van der Waals surface area contributed by atoms with Gasteiger partial charge >= 0.3 is 12.2 Å². The van der Waals surface area contributed by atoms with E-state index >= 15 is 4.39 Å². The van der Waals surface area contributed by atoms with E-state index in [1.807, 2.05) is 0 Å². The number of aliphatic hydroxyl groups excluding tert-OH is 1. The highest BCUT2D eigenvalue weighted by Crippen LogP contribution is 2.45. The molecule has 1 saturated heterocycles. The van der Waals surface area contributed by atoms with Crippen molar-refractivity contribution in [2.24, 2.45) is 0 Å². The van der Waals surface area contributed by atoms with Crippen LogP contribution in [0.3, 0.4) is 0 Å². The van der Waals surface area contributed by atoms with Gasteiger partial charge in [-0.1, -0.05) is 41.9 Å². The van der Waals surface area contributed by atoms with Crippen LogP contribution in [0.25, 0.3) is 11.1 Å². The molecule has 3 N–H and O–H groups in total. The first-order valence-corrected chi connectivity index (χ1v) is 14.7. The number of carbonyl (C=O) groups is 1. The van der Waals surface area contributed by atoms with Crippen molar-refractivity contribution in [3.63, 3.8) is 0 Å². The Bertz CT molecular complexity index is 1460. The first-order chi connectivity index (χ1) is 18.2. The second-order valence-corrected chi connectivity index (χ2v) is 13.0. The molecule has 1 unspecified atom stereocenters. The van der Waals surface area contributed by atoms with E-state index in [-0.39, 0.29) is 34.5 Å². The van der Waals surface area contributed by atoms with Crippen molar-refractivity contribution >= 4 is 41.5 Å². The molecule has 6 nitrogen and oxygen atoms in total. The van der Waals surface area contributed by atoms with Crippen molar-refractivity contribution in [3.05, 3.63) is 76.8 Å². The number of anilines is 2. The van der Waals surface area contributed by atoms with Crippen molar-refractivity contribution in [2.75, 3.05) is 30.1 Å². The van der Waals surface area contributed by atoms with E-state index in [1.54, 1.807) is 6.07 Å². The fourth-order valence-electron chi connectivity index (χ4n) is 4.56. The maximum Gasteiger partial charge on any atom is 0.419 e. The number of hydrogen-bond acceptors (Lipinski definition) is 4. The summed E-state index contributed by atoms with van der Waals surface area (Å²) in [6.07, 6.45) is -6.62. The maximum atomic E-state index is 15.6. The van der Waals surface area contributed by atoms with E-state index < -0.39 is 60.1 Å². The summed E-state index contributed by atoms with van der Waals surface area (Å²) in [5.74, 6) is -2.40. The molecule has 39 heavy (non-hydrogen) atoms. The smallest absolute Gasteiger partial charge is 0.371 e. The summed E-state index contributed by atoms with van der Waals surface area (Å²) in [5, 5.41) is 15.8. The van der Waals surface area contributed by atoms with Crippen LogP contribution in [0.1, 0.15) is 12.0 Å². The summed E-state index contributed by atoms with van der Waals surface area (Å²) in [6, 6.07) is 9.72. The molecule has 0 radical (unpaired) electrons. The number of alkyl halides is 3. The van der Waals surface area contributed by atoms with Crippen molar-refractivity contribution in [2.45, 2.75) is 24.9 Å². The molecule has 1 aliphatic heterocycles. The summed E-state index contributed by atoms with van der Waals surface area (Å²) in [6.45, 7) is 2.74. The molecule has 2 atom stereocenters. The predicted molar refractivity (Wildman–Crippen MR) is 141 cm³/mol. The van der Waals surface area contributed by atoms with Crippen molar-refractivity contribution < 1.29 is 36.4 Å². The minimum Gasteiger partial charge on any atom is -0.371 e. The number of amides is 2. The molecule has 208 valence electrons. The van der Waals surface area contributed by atoms with E-state index in [1.165, 1.54) is 43.7 Å². The summed E-state index contributed by atoms with van der Waals surface area (Å²) in [5.41, 5.74) is -2.73. The zero-order chi connectivity index (χ0) is 28.7. The quantitative estimate of drug-likeness (QED) is 0.243. The number of hydrogen-bond donors (Lipinski definition) is 3. The van der Waals surface area contributed by atoms with Crippen molar-refractivity contribution in [3.8, 4) is 11.1 Å². The van der Waals surface area contributed by atoms with Gasteiger partial charge in [-0.2, -0.15) is 13.2 Å². The number of nitrogens with one attached hydrogen (secondary N) is 2. The van der Waals surface area contributed by atoms with Gasteiger partial charge in [-0.15, -0.1) is 0 Å². The molecule has 0 aliphatic carbocycles. The molecular formula is C26H24ClF5N3O3P. The fourth-order valence-corrected chi connectivity index (χ4v) is 5.94. The minimum atomic E-state index is -5.11. The normalized spacial score (nSPS) is 17.8. The summed E-state index contributed by atoms with van der Waals surface area (Å²) in [4.78, 5) is 13.4. The lowest BCUT2D eigenvalue weighted by molar-refractivity contribution is -0.139. The Morgan fingerprint density at radius 2 is 1.77 bits per heavy atom. The van der Waals surface area contributed by atoms with Gasteiger partial charge in [0.25, 0.3) is 0 Å². The Morgan fingerprint density at radius 3 is 2.41 bits per heavy atom. The monoisotopic (exact) mass is 587 g/mol. The number of carbonyl (C=O) groups excluding carboxylic acids is 1. The van der Waals surface area contributed by atoms with Gasteiger partial charge in [-0.3, -0.25) is 0 Å². The van der Waals surface area contributed by atoms with E-state index in [0.717, 1.165) is 23.1 Å². The maximum absolute atomic E-state index is 15.6. The summed E-state index contributed by atoms with van der Waals surface area (Å²) in [7, 11) is -3.02. The van der Waals surface area contributed by atoms with Gasteiger partial charge < -0.3 is 25.2 Å². The standard InChI is InChI=1S/C26H24ClF5N3O3P/c1-39(2,38)21-6-4-3-5-15(21)16-8-10-20(23(29)22(16)26(30,31)32)35-12-11-19(24(35)36)34-25(37)33-18-9-7-14(27)13-17(18)28/h3-10,13,19,24,36H,11-12H2,1-2H3,(H2,33,34,37)/t19-,24?/m1/s1. The first-order valence-electron chi connectivity index (χ1n) is 11.7. The molecule has 13 heteroatoms. The molecular weight excluding hydrogens is 564 g/mol. The molecule has 3 aromatic carbocycles. The van der Waals surface area contributed by atoms with Crippen LogP contribution in [0.5, 0.6) is 0 Å². The number of nitrogens with zero attached hydrogens (tertiary/aromatic N) is 1. The topological polar surface area (TPSA) is 81.7 Å². The second-order valence-electron chi connectivity index (χ2n) is 9.41. The van der Waals surface area contributed by atoms with Crippen LogP contribution in [0, 0.1) is 11.6 Å². The SMILES string of the molecule is CP(C)(=O)c1ccccc1-c1ccc(N2CC[C@@H](NC(=O)Nc3ccc(Cl)cc3F)C2O)c(F)c1C(F)(F)F. The van der Waals surface area contributed by atoms with E-state index in [0.29, 0.717) is 0 Å². The largest absolute Gasteiger partial charge is 0.419 e. The van der Waals surface area contributed by atoms with Crippen LogP contribution >= 0.6 is 18.7 Å². The highest BCUT2D eigenvalue weighted by molar-refractivity contribution is 7.70. The number of halogens is 6. The third-order valence-corrected chi connectivity index (χ3v) is 8.13. The Morgan fingerprint density at radius 1 is 1.08 bits per heavy atom. The van der Waals surface area contributed by atoms with Gasteiger partial charge in [0.2, 0.25) is 0 Å².